The lowest BCUT2D eigenvalue weighted by Crippen LogP contribution is -2.51. The predicted molar refractivity (Wildman–Crippen MR) is 106 cm³/mol. The zero-order valence-corrected chi connectivity index (χ0v) is 15.8. The molecule has 2 aromatic rings. The van der Waals surface area contributed by atoms with Crippen LogP contribution in [0.1, 0.15) is 27.6 Å². The average Bonchev–Trinajstić information content (AvgIpc) is 2.73. The summed E-state index contributed by atoms with van der Waals surface area (Å²) in [4.78, 5) is 26.5. The van der Waals surface area contributed by atoms with Crippen molar-refractivity contribution in [1.29, 1.82) is 0 Å². The molecule has 0 aromatic heterocycles. The van der Waals surface area contributed by atoms with Crippen molar-refractivity contribution in [2.24, 2.45) is 0 Å². The topological polar surface area (TPSA) is 65.1 Å². The summed E-state index contributed by atoms with van der Waals surface area (Å²) in [6, 6.07) is 11.9. The van der Waals surface area contributed by atoms with Crippen molar-refractivity contribution in [1.82, 2.24) is 4.90 Å². The fourth-order valence-electron chi connectivity index (χ4n) is 3.15. The molecule has 0 saturated carbocycles. The third-order valence-corrected chi connectivity index (χ3v) is 4.55. The minimum Gasteiger partial charge on any atom is -0.493 e. The smallest absolute Gasteiger partial charge is 0.255 e. The first-order chi connectivity index (χ1) is 13.7. The van der Waals surface area contributed by atoms with Gasteiger partial charge in [-0.1, -0.05) is 29.7 Å². The molecule has 0 spiro atoms. The normalized spacial score (nSPS) is 16.5. The number of carbonyl (C=O) groups excluding carboxylic acids is 2. The maximum atomic E-state index is 13.2. The van der Waals surface area contributed by atoms with Gasteiger partial charge >= 0.3 is 0 Å². The summed E-state index contributed by atoms with van der Waals surface area (Å²) in [5.74, 6) is 0.718. The molecule has 1 aliphatic heterocycles. The molecule has 0 bridgehead atoms. The summed E-state index contributed by atoms with van der Waals surface area (Å²) in [6.45, 7) is 3.66. The molecule has 6 nitrogen and oxygen atoms in total. The molecular weight excluding hydrogens is 357 g/mol. The number of carbonyl (C=O) groups is 2. The lowest BCUT2D eigenvalue weighted by atomic mass is 9.95. The van der Waals surface area contributed by atoms with Crippen LogP contribution >= 0.6 is 0 Å². The minimum absolute atomic E-state index is 0.238. The van der Waals surface area contributed by atoms with E-state index in [9.17, 15) is 9.59 Å². The molecule has 1 atom stereocenters. The van der Waals surface area contributed by atoms with Crippen molar-refractivity contribution >= 4 is 25.5 Å². The molecule has 2 radical (unpaired) electrons. The summed E-state index contributed by atoms with van der Waals surface area (Å²) < 4.78 is 16.8. The second-order valence-corrected chi connectivity index (χ2v) is 6.34. The van der Waals surface area contributed by atoms with E-state index >= 15 is 0 Å². The number of aldehydes is 1. The molecule has 1 unspecified atom stereocenters. The van der Waals surface area contributed by atoms with Crippen LogP contribution in [0.15, 0.2) is 42.5 Å². The van der Waals surface area contributed by atoms with Gasteiger partial charge in [-0.25, -0.2) is 0 Å². The SMILES string of the molecule is [B]c1ccccc1OCC1COCCN1C(=O)c1cccc(OCC)c1C=O. The first kappa shape index (κ1) is 20.0. The van der Waals surface area contributed by atoms with Gasteiger partial charge in [0.15, 0.2) is 6.29 Å². The molecule has 1 fully saturated rings. The van der Waals surface area contributed by atoms with E-state index in [-0.39, 0.29) is 24.1 Å². The first-order valence-corrected chi connectivity index (χ1v) is 9.22. The zero-order chi connectivity index (χ0) is 19.9. The lowest BCUT2D eigenvalue weighted by Gasteiger charge is -2.35. The summed E-state index contributed by atoms with van der Waals surface area (Å²) in [5.41, 5.74) is 1.10. The molecule has 1 heterocycles. The lowest BCUT2D eigenvalue weighted by molar-refractivity contribution is -0.0149. The van der Waals surface area contributed by atoms with Crippen molar-refractivity contribution in [3.8, 4) is 11.5 Å². The molecule has 28 heavy (non-hydrogen) atoms. The third kappa shape index (κ3) is 4.36. The van der Waals surface area contributed by atoms with Gasteiger partial charge in [0.1, 0.15) is 26.0 Å². The Morgan fingerprint density at radius 3 is 2.75 bits per heavy atom. The highest BCUT2D eigenvalue weighted by Crippen LogP contribution is 2.24. The van der Waals surface area contributed by atoms with E-state index in [0.29, 0.717) is 55.2 Å². The summed E-state index contributed by atoms with van der Waals surface area (Å²) in [7, 11) is 5.92. The summed E-state index contributed by atoms with van der Waals surface area (Å²) in [5, 5.41) is 0. The summed E-state index contributed by atoms with van der Waals surface area (Å²) in [6.07, 6.45) is 0.662. The second kappa shape index (κ2) is 9.42. The van der Waals surface area contributed by atoms with Crippen LogP contribution in [0, 0.1) is 0 Å². The van der Waals surface area contributed by atoms with Crippen LogP contribution in [0.5, 0.6) is 11.5 Å². The van der Waals surface area contributed by atoms with Gasteiger partial charge in [0, 0.05) is 6.54 Å². The van der Waals surface area contributed by atoms with Gasteiger partial charge in [-0.2, -0.15) is 0 Å². The first-order valence-electron chi connectivity index (χ1n) is 9.22. The van der Waals surface area contributed by atoms with Gasteiger partial charge in [0.05, 0.1) is 37.0 Å². The third-order valence-electron chi connectivity index (χ3n) is 4.55. The van der Waals surface area contributed by atoms with Crippen molar-refractivity contribution in [2.75, 3.05) is 33.0 Å². The van der Waals surface area contributed by atoms with Gasteiger partial charge in [-0.3, -0.25) is 9.59 Å². The van der Waals surface area contributed by atoms with Gasteiger partial charge in [-0.05, 0) is 25.1 Å². The van der Waals surface area contributed by atoms with E-state index in [0.717, 1.165) is 0 Å². The number of ether oxygens (including phenoxy) is 3. The Hall–Kier alpha value is -2.80. The zero-order valence-electron chi connectivity index (χ0n) is 15.8. The Morgan fingerprint density at radius 2 is 2.00 bits per heavy atom. The highest BCUT2D eigenvalue weighted by molar-refractivity contribution is 6.34. The molecule has 144 valence electrons. The molecule has 1 aliphatic rings. The monoisotopic (exact) mass is 379 g/mol. The van der Waals surface area contributed by atoms with Crippen LogP contribution < -0.4 is 14.9 Å². The maximum Gasteiger partial charge on any atom is 0.255 e. The number of hydrogen-bond acceptors (Lipinski definition) is 5. The van der Waals surface area contributed by atoms with E-state index in [4.69, 9.17) is 22.1 Å². The quantitative estimate of drug-likeness (QED) is 0.540. The van der Waals surface area contributed by atoms with Gasteiger partial charge < -0.3 is 19.1 Å². The molecule has 1 amide bonds. The van der Waals surface area contributed by atoms with E-state index in [1.807, 2.05) is 19.1 Å². The van der Waals surface area contributed by atoms with Crippen LogP contribution in [0.4, 0.5) is 0 Å². The number of para-hydroxylation sites is 1. The number of morpholine rings is 1. The molecule has 0 N–H and O–H groups in total. The van der Waals surface area contributed by atoms with Crippen molar-refractivity contribution < 1.29 is 23.8 Å². The Labute approximate surface area is 165 Å². The number of benzene rings is 2. The molecule has 2 aromatic carbocycles. The number of hydrogen-bond donors (Lipinski definition) is 0. The van der Waals surface area contributed by atoms with Crippen LogP contribution in [0.25, 0.3) is 0 Å². The Balaban J connectivity index is 1.80. The minimum atomic E-state index is -0.295. The van der Waals surface area contributed by atoms with E-state index in [2.05, 4.69) is 0 Å². The van der Waals surface area contributed by atoms with Crippen molar-refractivity contribution in [3.05, 3.63) is 53.6 Å². The number of rotatable bonds is 7. The number of amides is 1. The van der Waals surface area contributed by atoms with Gasteiger partial charge in [-0.15, -0.1) is 0 Å². The average molecular weight is 379 g/mol. The van der Waals surface area contributed by atoms with Crippen molar-refractivity contribution in [3.63, 3.8) is 0 Å². The molecule has 7 heteroatoms. The molecular formula is C21H22BNO5. The number of nitrogens with zero attached hydrogens (tertiary/aromatic N) is 1. The fourth-order valence-corrected chi connectivity index (χ4v) is 3.15. The maximum absolute atomic E-state index is 13.2. The Morgan fingerprint density at radius 1 is 1.21 bits per heavy atom. The highest BCUT2D eigenvalue weighted by atomic mass is 16.5. The van der Waals surface area contributed by atoms with E-state index < -0.39 is 0 Å². The Kier molecular flexibility index (Phi) is 6.71. The molecule has 1 saturated heterocycles. The molecule has 0 aliphatic carbocycles. The van der Waals surface area contributed by atoms with Gasteiger partial charge in [0.2, 0.25) is 0 Å². The molecule has 3 rings (SSSR count). The standard InChI is InChI=1S/C21H22BNO5/c1-2-27-19-9-5-6-16(17(19)12-24)21(25)23-10-11-26-13-15(23)14-28-20-8-4-3-7-18(20)22/h3-9,12,15H,2,10-11,13-14H2,1H3. The van der Waals surface area contributed by atoms with Crippen LogP contribution in [0.2, 0.25) is 0 Å². The van der Waals surface area contributed by atoms with Crippen LogP contribution in [-0.4, -0.2) is 64.0 Å². The summed E-state index contributed by atoms with van der Waals surface area (Å²) >= 11 is 0. The van der Waals surface area contributed by atoms with Crippen LogP contribution in [0.3, 0.4) is 0 Å². The largest absolute Gasteiger partial charge is 0.493 e. The van der Waals surface area contributed by atoms with E-state index in [1.165, 1.54) is 0 Å². The Bertz CT molecular complexity index is 841. The van der Waals surface area contributed by atoms with Crippen LogP contribution in [-0.2, 0) is 4.74 Å². The highest BCUT2D eigenvalue weighted by Gasteiger charge is 2.30. The second-order valence-electron chi connectivity index (χ2n) is 6.34. The van der Waals surface area contributed by atoms with E-state index in [1.54, 1.807) is 35.2 Å². The fraction of sp³-hybridized carbons (Fsp3) is 0.333. The predicted octanol–water partition coefficient (Wildman–Crippen LogP) is 1.61. The van der Waals surface area contributed by atoms with Crippen molar-refractivity contribution in [2.45, 2.75) is 13.0 Å². The van der Waals surface area contributed by atoms with Gasteiger partial charge in [0.25, 0.3) is 5.91 Å².